The summed E-state index contributed by atoms with van der Waals surface area (Å²) in [5, 5.41) is 0.508. The number of carbonyl (C=O) groups is 2. The number of hydrogen-bond donors (Lipinski definition) is 0. The number of halogens is 1. The minimum Gasteiger partial charge on any atom is -0.353 e. The lowest BCUT2D eigenvalue weighted by molar-refractivity contribution is -0.133. The molecular formula is C22H30ClN3O2. The van der Waals surface area contributed by atoms with Crippen LogP contribution in [0.5, 0.6) is 0 Å². The summed E-state index contributed by atoms with van der Waals surface area (Å²) < 4.78 is 2.02. The highest BCUT2D eigenvalue weighted by Gasteiger charge is 2.25. The molecule has 28 heavy (non-hydrogen) atoms. The largest absolute Gasteiger partial charge is 0.353 e. The number of carbonyl (C=O) groups excluding carboxylic acids is 2. The molecule has 2 amide bonds. The number of unbranched alkanes of at least 4 members (excludes halogenated alkanes) is 1. The Labute approximate surface area is 172 Å². The van der Waals surface area contributed by atoms with Gasteiger partial charge in [-0.05, 0) is 50.6 Å². The van der Waals surface area contributed by atoms with E-state index in [1.165, 1.54) is 0 Å². The van der Waals surface area contributed by atoms with E-state index >= 15 is 0 Å². The molecule has 152 valence electrons. The first-order valence-corrected chi connectivity index (χ1v) is 10.2. The van der Waals surface area contributed by atoms with E-state index < -0.39 is 0 Å². The van der Waals surface area contributed by atoms with Crippen LogP contribution in [-0.4, -0.2) is 45.3 Å². The van der Waals surface area contributed by atoms with E-state index in [0.29, 0.717) is 23.7 Å². The highest BCUT2D eigenvalue weighted by atomic mass is 35.5. The maximum Gasteiger partial charge on any atom is 0.254 e. The van der Waals surface area contributed by atoms with Crippen molar-refractivity contribution in [3.63, 3.8) is 0 Å². The molecule has 2 rings (SSSR count). The topological polar surface area (TPSA) is 45.6 Å². The Morgan fingerprint density at radius 3 is 2.50 bits per heavy atom. The first-order chi connectivity index (χ1) is 13.3. The normalized spacial score (nSPS) is 10.9. The Bertz CT molecular complexity index is 801. The Morgan fingerprint density at radius 2 is 1.93 bits per heavy atom. The van der Waals surface area contributed by atoms with Gasteiger partial charge >= 0.3 is 0 Å². The number of aryl methyl sites for hydroxylation is 1. The zero-order valence-electron chi connectivity index (χ0n) is 17.2. The van der Waals surface area contributed by atoms with Crippen LogP contribution in [0.3, 0.4) is 0 Å². The molecule has 0 fully saturated rings. The van der Waals surface area contributed by atoms with Crippen LogP contribution in [0.2, 0.25) is 5.02 Å². The molecule has 0 radical (unpaired) electrons. The van der Waals surface area contributed by atoms with Crippen molar-refractivity contribution in [2.75, 3.05) is 13.1 Å². The number of aromatic nitrogens is 1. The van der Waals surface area contributed by atoms with Crippen LogP contribution in [0, 0.1) is 0 Å². The van der Waals surface area contributed by atoms with E-state index in [4.69, 9.17) is 11.6 Å². The minimum atomic E-state index is -0.180. The van der Waals surface area contributed by atoms with Gasteiger partial charge in [0.2, 0.25) is 5.91 Å². The lowest BCUT2D eigenvalue weighted by Gasteiger charge is -2.30. The molecule has 0 spiro atoms. The fraction of sp³-hybridized carbons (Fsp3) is 0.455. The fourth-order valence-corrected chi connectivity index (χ4v) is 3.21. The molecule has 0 bridgehead atoms. The minimum absolute atomic E-state index is 0.0428. The molecule has 0 aliphatic carbocycles. The fourth-order valence-electron chi connectivity index (χ4n) is 3.02. The van der Waals surface area contributed by atoms with Gasteiger partial charge in [0, 0.05) is 42.1 Å². The van der Waals surface area contributed by atoms with Gasteiger partial charge < -0.3 is 14.4 Å². The van der Waals surface area contributed by atoms with Crippen molar-refractivity contribution in [1.29, 1.82) is 0 Å². The Balaban J connectivity index is 2.17. The van der Waals surface area contributed by atoms with Gasteiger partial charge in [0.1, 0.15) is 6.54 Å². The number of benzene rings is 1. The molecule has 0 saturated carbocycles. The zero-order chi connectivity index (χ0) is 20.7. The lowest BCUT2D eigenvalue weighted by atomic mass is 10.1. The number of rotatable bonds is 9. The third kappa shape index (κ3) is 5.86. The average molecular weight is 404 g/mol. The zero-order valence-corrected chi connectivity index (χ0v) is 17.9. The quantitative estimate of drug-likeness (QED) is 0.624. The van der Waals surface area contributed by atoms with Gasteiger partial charge in [-0.25, -0.2) is 0 Å². The molecule has 2 aromatic rings. The van der Waals surface area contributed by atoms with Crippen molar-refractivity contribution >= 4 is 23.4 Å². The Morgan fingerprint density at radius 1 is 1.18 bits per heavy atom. The Kier molecular flexibility index (Phi) is 8.12. The summed E-state index contributed by atoms with van der Waals surface area (Å²) in [4.78, 5) is 29.5. The van der Waals surface area contributed by atoms with Crippen LogP contribution in [0.15, 0.2) is 42.6 Å². The van der Waals surface area contributed by atoms with Crippen LogP contribution in [0.1, 0.15) is 49.7 Å². The van der Waals surface area contributed by atoms with Gasteiger partial charge in [0.15, 0.2) is 0 Å². The van der Waals surface area contributed by atoms with Crippen molar-refractivity contribution in [2.45, 2.75) is 46.2 Å². The SMILES string of the molecule is CCCCN(Cc1cccn1C)C(=O)CN(C(=O)c1cccc(Cl)c1)C(C)C. The summed E-state index contributed by atoms with van der Waals surface area (Å²) in [5.41, 5.74) is 1.57. The van der Waals surface area contributed by atoms with Crippen molar-refractivity contribution in [3.05, 3.63) is 58.9 Å². The number of hydrogen-bond acceptors (Lipinski definition) is 2. The second-order valence-corrected chi connectivity index (χ2v) is 7.75. The summed E-state index contributed by atoms with van der Waals surface area (Å²) in [7, 11) is 1.97. The van der Waals surface area contributed by atoms with Gasteiger partial charge in [-0.3, -0.25) is 9.59 Å². The number of nitrogens with zero attached hydrogens (tertiary/aromatic N) is 3. The molecule has 0 N–H and O–H groups in total. The second-order valence-electron chi connectivity index (χ2n) is 7.32. The molecule has 6 heteroatoms. The van der Waals surface area contributed by atoms with E-state index in [0.717, 1.165) is 18.5 Å². The van der Waals surface area contributed by atoms with Crippen molar-refractivity contribution in [2.24, 2.45) is 7.05 Å². The van der Waals surface area contributed by atoms with Gasteiger partial charge in [-0.1, -0.05) is 31.0 Å². The van der Waals surface area contributed by atoms with E-state index in [-0.39, 0.29) is 24.4 Å². The summed E-state index contributed by atoms with van der Waals surface area (Å²) in [6, 6.07) is 10.7. The second kappa shape index (κ2) is 10.3. The molecule has 0 unspecified atom stereocenters. The van der Waals surface area contributed by atoms with Crippen LogP contribution < -0.4 is 0 Å². The third-order valence-electron chi connectivity index (χ3n) is 4.80. The van der Waals surface area contributed by atoms with Crippen LogP contribution in [0.4, 0.5) is 0 Å². The lowest BCUT2D eigenvalue weighted by Crippen LogP contribution is -2.46. The van der Waals surface area contributed by atoms with Gasteiger partial charge in [-0.15, -0.1) is 0 Å². The average Bonchev–Trinajstić information content (AvgIpc) is 3.06. The highest BCUT2D eigenvalue weighted by molar-refractivity contribution is 6.31. The summed E-state index contributed by atoms with van der Waals surface area (Å²) >= 11 is 6.03. The molecule has 1 aromatic heterocycles. The molecular weight excluding hydrogens is 374 g/mol. The first-order valence-electron chi connectivity index (χ1n) is 9.78. The predicted molar refractivity (Wildman–Crippen MR) is 113 cm³/mol. The smallest absolute Gasteiger partial charge is 0.254 e. The van der Waals surface area contributed by atoms with Gasteiger partial charge in [-0.2, -0.15) is 0 Å². The van der Waals surface area contributed by atoms with Crippen molar-refractivity contribution in [1.82, 2.24) is 14.4 Å². The van der Waals surface area contributed by atoms with Gasteiger partial charge in [0.25, 0.3) is 5.91 Å². The van der Waals surface area contributed by atoms with Crippen LogP contribution >= 0.6 is 11.6 Å². The van der Waals surface area contributed by atoms with E-state index in [2.05, 4.69) is 6.92 Å². The Hall–Kier alpha value is -2.27. The molecule has 0 aliphatic heterocycles. The number of amides is 2. The molecule has 1 heterocycles. The molecule has 1 aromatic carbocycles. The summed E-state index contributed by atoms with van der Waals surface area (Å²) in [5.74, 6) is -0.223. The maximum atomic E-state index is 13.1. The van der Waals surface area contributed by atoms with Crippen LogP contribution in [0.25, 0.3) is 0 Å². The maximum absolute atomic E-state index is 13.1. The highest BCUT2D eigenvalue weighted by Crippen LogP contribution is 2.15. The third-order valence-corrected chi connectivity index (χ3v) is 5.03. The van der Waals surface area contributed by atoms with E-state index in [1.807, 2.05) is 48.7 Å². The monoisotopic (exact) mass is 403 g/mol. The van der Waals surface area contributed by atoms with E-state index in [9.17, 15) is 9.59 Å². The standard InChI is InChI=1S/C22H30ClN3O2/c1-5-6-13-25(15-20-11-8-12-24(20)4)21(27)16-26(17(2)3)22(28)18-9-7-10-19(23)14-18/h7-12,14,17H,5-6,13,15-16H2,1-4H3. The summed E-state index contributed by atoms with van der Waals surface area (Å²) in [6.07, 6.45) is 3.91. The molecule has 0 saturated heterocycles. The summed E-state index contributed by atoms with van der Waals surface area (Å²) in [6.45, 7) is 7.22. The van der Waals surface area contributed by atoms with Crippen molar-refractivity contribution in [3.8, 4) is 0 Å². The predicted octanol–water partition coefficient (Wildman–Crippen LogP) is 4.36. The molecule has 0 aliphatic rings. The molecule has 5 nitrogen and oxygen atoms in total. The van der Waals surface area contributed by atoms with Gasteiger partial charge in [0.05, 0.1) is 6.54 Å². The first kappa shape index (κ1) is 22.0. The van der Waals surface area contributed by atoms with E-state index in [1.54, 1.807) is 29.2 Å². The molecule has 0 atom stereocenters. The van der Waals surface area contributed by atoms with Crippen molar-refractivity contribution < 1.29 is 9.59 Å². The van der Waals surface area contributed by atoms with Crippen LogP contribution in [-0.2, 0) is 18.4 Å².